The molecule has 1 aromatic rings. The third-order valence-electron chi connectivity index (χ3n) is 2.96. The molecular weight excluding hydrogens is 238 g/mol. The van der Waals surface area contributed by atoms with Gasteiger partial charge in [0.15, 0.2) is 0 Å². The number of aromatic nitrogens is 2. The quantitative estimate of drug-likeness (QED) is 0.752. The van der Waals surface area contributed by atoms with E-state index in [1.165, 1.54) is 16.8 Å². The molecule has 2 atom stereocenters. The number of rotatable bonds is 4. The van der Waals surface area contributed by atoms with Crippen molar-refractivity contribution in [2.24, 2.45) is 5.73 Å². The van der Waals surface area contributed by atoms with Crippen molar-refractivity contribution < 1.29 is 9.53 Å². The van der Waals surface area contributed by atoms with Crippen LogP contribution in [0.4, 0.5) is 0 Å². The van der Waals surface area contributed by atoms with Crippen molar-refractivity contribution in [3.05, 3.63) is 33.1 Å². The number of amides is 1. The number of aromatic amines is 1. The summed E-state index contributed by atoms with van der Waals surface area (Å²) in [6.45, 7) is 0. The van der Waals surface area contributed by atoms with Crippen LogP contribution in [0.1, 0.15) is 31.9 Å². The minimum atomic E-state index is -0.483. The second-order valence-electron chi connectivity index (χ2n) is 4.31. The zero-order valence-electron chi connectivity index (χ0n) is 9.80. The van der Waals surface area contributed by atoms with Crippen LogP contribution in [0.5, 0.6) is 0 Å². The van der Waals surface area contributed by atoms with Gasteiger partial charge in [-0.1, -0.05) is 0 Å². The van der Waals surface area contributed by atoms with Crippen LogP contribution in [0.25, 0.3) is 0 Å². The number of nitrogens with one attached hydrogen (secondary N) is 1. The molecule has 1 aromatic heterocycles. The standard InChI is InChI=1S/C11H15N3O4/c12-8(15)3-1-7-2-4-10(18-7)14-6-5-9(16)13-11(14)17/h5-7,10H,1-4H2,(H2,12,15)(H,13,16,17). The molecule has 0 saturated carbocycles. The summed E-state index contributed by atoms with van der Waals surface area (Å²) in [6, 6.07) is 1.28. The van der Waals surface area contributed by atoms with Crippen molar-refractivity contribution in [2.45, 2.75) is 38.0 Å². The van der Waals surface area contributed by atoms with Crippen molar-refractivity contribution in [1.29, 1.82) is 0 Å². The Morgan fingerprint density at radius 3 is 2.94 bits per heavy atom. The molecular formula is C11H15N3O4. The Labute approximate surface area is 103 Å². The van der Waals surface area contributed by atoms with Gasteiger partial charge in [-0.25, -0.2) is 4.79 Å². The summed E-state index contributed by atoms with van der Waals surface area (Å²) in [7, 11) is 0. The molecule has 2 heterocycles. The fraction of sp³-hybridized carbons (Fsp3) is 0.545. The molecule has 0 aliphatic carbocycles. The summed E-state index contributed by atoms with van der Waals surface area (Å²) in [5.74, 6) is -0.358. The molecule has 98 valence electrons. The predicted molar refractivity (Wildman–Crippen MR) is 62.9 cm³/mol. The summed E-state index contributed by atoms with van der Waals surface area (Å²) in [4.78, 5) is 35.3. The molecule has 0 radical (unpaired) electrons. The van der Waals surface area contributed by atoms with E-state index in [2.05, 4.69) is 4.98 Å². The van der Waals surface area contributed by atoms with Crippen LogP contribution in [0.2, 0.25) is 0 Å². The second-order valence-corrected chi connectivity index (χ2v) is 4.31. The normalized spacial score (nSPS) is 23.1. The molecule has 1 fully saturated rings. The first-order chi connectivity index (χ1) is 8.56. The van der Waals surface area contributed by atoms with E-state index in [1.54, 1.807) is 0 Å². The van der Waals surface area contributed by atoms with Crippen LogP contribution in [-0.2, 0) is 9.53 Å². The van der Waals surface area contributed by atoms with Gasteiger partial charge in [0.2, 0.25) is 5.91 Å². The van der Waals surface area contributed by atoms with Crippen molar-refractivity contribution in [1.82, 2.24) is 9.55 Å². The summed E-state index contributed by atoms with van der Waals surface area (Å²) in [6.07, 6.45) is 3.25. The Morgan fingerprint density at radius 2 is 2.28 bits per heavy atom. The van der Waals surface area contributed by atoms with Gasteiger partial charge >= 0.3 is 5.69 Å². The number of carbonyl (C=O) groups excluding carboxylic acids is 1. The molecule has 1 aliphatic heterocycles. The number of hydrogen-bond donors (Lipinski definition) is 2. The number of nitrogens with zero attached hydrogens (tertiary/aromatic N) is 1. The molecule has 3 N–H and O–H groups in total. The predicted octanol–water partition coefficient (Wildman–Crippen LogP) is -0.520. The molecule has 0 aromatic carbocycles. The minimum absolute atomic E-state index is 0.0682. The molecule has 2 unspecified atom stereocenters. The highest BCUT2D eigenvalue weighted by Gasteiger charge is 2.27. The first kappa shape index (κ1) is 12.6. The summed E-state index contributed by atoms with van der Waals surface area (Å²) in [5, 5.41) is 0. The van der Waals surface area contributed by atoms with Crippen molar-refractivity contribution in [3.8, 4) is 0 Å². The van der Waals surface area contributed by atoms with E-state index in [0.29, 0.717) is 12.8 Å². The maximum Gasteiger partial charge on any atom is 0.330 e. The van der Waals surface area contributed by atoms with Crippen LogP contribution in [0.15, 0.2) is 21.9 Å². The van der Waals surface area contributed by atoms with Crippen LogP contribution >= 0.6 is 0 Å². The Bertz CT molecular complexity index is 548. The van der Waals surface area contributed by atoms with E-state index >= 15 is 0 Å². The number of primary amides is 1. The Kier molecular flexibility index (Phi) is 3.61. The van der Waals surface area contributed by atoms with Crippen molar-refractivity contribution in [3.63, 3.8) is 0 Å². The monoisotopic (exact) mass is 253 g/mol. The number of H-pyrrole nitrogens is 1. The molecule has 1 aliphatic rings. The highest BCUT2D eigenvalue weighted by molar-refractivity contribution is 5.73. The van der Waals surface area contributed by atoms with Gasteiger partial charge in [0.25, 0.3) is 5.56 Å². The number of nitrogens with two attached hydrogens (primary N) is 1. The molecule has 7 nitrogen and oxygen atoms in total. The van der Waals surface area contributed by atoms with Crippen molar-refractivity contribution in [2.75, 3.05) is 0 Å². The summed E-state index contributed by atoms with van der Waals surface area (Å²) in [5.41, 5.74) is 4.15. The van der Waals surface area contributed by atoms with E-state index in [-0.39, 0.29) is 24.7 Å². The molecule has 1 saturated heterocycles. The molecule has 0 spiro atoms. The Hall–Kier alpha value is -1.89. The van der Waals surface area contributed by atoms with Crippen LogP contribution < -0.4 is 17.0 Å². The third kappa shape index (κ3) is 2.86. The van der Waals surface area contributed by atoms with Gasteiger partial charge < -0.3 is 10.5 Å². The third-order valence-corrected chi connectivity index (χ3v) is 2.96. The van der Waals surface area contributed by atoms with E-state index in [4.69, 9.17) is 10.5 Å². The number of carbonyl (C=O) groups is 1. The molecule has 2 rings (SSSR count). The second kappa shape index (κ2) is 5.18. The van der Waals surface area contributed by atoms with E-state index in [0.717, 1.165) is 6.42 Å². The fourth-order valence-corrected chi connectivity index (χ4v) is 2.06. The molecule has 7 heteroatoms. The maximum atomic E-state index is 11.6. The van der Waals surface area contributed by atoms with E-state index in [9.17, 15) is 14.4 Å². The molecule has 18 heavy (non-hydrogen) atoms. The average Bonchev–Trinajstić information content (AvgIpc) is 2.75. The highest BCUT2D eigenvalue weighted by Crippen LogP contribution is 2.29. The van der Waals surface area contributed by atoms with Gasteiger partial charge in [0, 0.05) is 18.7 Å². The van der Waals surface area contributed by atoms with Gasteiger partial charge in [-0.15, -0.1) is 0 Å². The first-order valence-corrected chi connectivity index (χ1v) is 5.81. The van der Waals surface area contributed by atoms with E-state index in [1.807, 2.05) is 0 Å². The Balaban J connectivity index is 2.02. The van der Waals surface area contributed by atoms with Gasteiger partial charge in [0.1, 0.15) is 6.23 Å². The fourth-order valence-electron chi connectivity index (χ4n) is 2.06. The van der Waals surface area contributed by atoms with Crippen LogP contribution in [0.3, 0.4) is 0 Å². The summed E-state index contributed by atoms with van der Waals surface area (Å²) < 4.78 is 7.00. The van der Waals surface area contributed by atoms with Crippen LogP contribution in [0, 0.1) is 0 Å². The first-order valence-electron chi connectivity index (χ1n) is 5.81. The zero-order chi connectivity index (χ0) is 13.1. The van der Waals surface area contributed by atoms with E-state index < -0.39 is 11.2 Å². The lowest BCUT2D eigenvalue weighted by Crippen LogP contribution is -2.31. The SMILES string of the molecule is NC(=O)CCC1CCC(n2ccc(=O)[nH]c2=O)O1. The topological polar surface area (TPSA) is 107 Å². The average molecular weight is 253 g/mol. The number of ether oxygens (including phenoxy) is 1. The Morgan fingerprint density at radius 1 is 1.50 bits per heavy atom. The lowest BCUT2D eigenvalue weighted by atomic mass is 10.1. The smallest absolute Gasteiger partial charge is 0.330 e. The molecule has 0 bridgehead atoms. The van der Waals surface area contributed by atoms with Crippen LogP contribution in [-0.4, -0.2) is 21.6 Å². The molecule has 1 amide bonds. The number of hydrogen-bond acceptors (Lipinski definition) is 4. The minimum Gasteiger partial charge on any atom is -0.370 e. The van der Waals surface area contributed by atoms with Gasteiger partial charge in [-0.2, -0.15) is 0 Å². The van der Waals surface area contributed by atoms with Gasteiger partial charge in [-0.3, -0.25) is 19.1 Å². The van der Waals surface area contributed by atoms with Gasteiger partial charge in [-0.05, 0) is 19.3 Å². The summed E-state index contributed by atoms with van der Waals surface area (Å²) >= 11 is 0. The maximum absolute atomic E-state index is 11.6. The lowest BCUT2D eigenvalue weighted by molar-refractivity contribution is -0.118. The van der Waals surface area contributed by atoms with Gasteiger partial charge in [0.05, 0.1) is 6.10 Å². The lowest BCUT2D eigenvalue weighted by Gasteiger charge is -2.14. The van der Waals surface area contributed by atoms with Crippen molar-refractivity contribution >= 4 is 5.91 Å². The zero-order valence-corrected chi connectivity index (χ0v) is 9.80. The largest absolute Gasteiger partial charge is 0.370 e. The highest BCUT2D eigenvalue weighted by atomic mass is 16.5.